The van der Waals surface area contributed by atoms with Crippen LogP contribution in [0.25, 0.3) is 0 Å². The van der Waals surface area contributed by atoms with Crippen molar-refractivity contribution < 1.29 is 23.9 Å². The lowest BCUT2D eigenvalue weighted by Crippen LogP contribution is -2.54. The van der Waals surface area contributed by atoms with Crippen LogP contribution >= 0.6 is 0 Å². The van der Waals surface area contributed by atoms with Crippen LogP contribution in [0.4, 0.5) is 5.69 Å². The molecule has 3 fully saturated rings. The standard InChI is InChI=1S/C30H28N2O5/c1-36-23-15-8-12-21(18-23)26-24-25(28(34)32(27(24)33)22-13-6-3-7-14-22)30(16-9-17-31(26)30)29(35)37-19-20-10-4-2-5-11-20/h2-8,10-15,18,24-26H,9,16-17,19H2,1H3/t24-,25+,26-,30-/m1/s1. The number of amides is 2. The second-order valence-corrected chi connectivity index (χ2v) is 9.86. The van der Waals surface area contributed by atoms with Crippen molar-refractivity contribution in [3.05, 3.63) is 96.1 Å². The van der Waals surface area contributed by atoms with Crippen LogP contribution in [0, 0.1) is 11.8 Å². The molecule has 4 atom stereocenters. The van der Waals surface area contributed by atoms with E-state index in [1.165, 1.54) is 4.90 Å². The summed E-state index contributed by atoms with van der Waals surface area (Å²) >= 11 is 0. The lowest BCUT2D eigenvalue weighted by molar-refractivity contribution is -0.161. The van der Waals surface area contributed by atoms with Gasteiger partial charge in [0.2, 0.25) is 11.8 Å². The minimum atomic E-state index is -1.20. The Labute approximate surface area is 215 Å². The zero-order valence-electron chi connectivity index (χ0n) is 20.6. The number of hydrogen-bond acceptors (Lipinski definition) is 6. The van der Waals surface area contributed by atoms with Gasteiger partial charge in [0.15, 0.2) is 0 Å². The zero-order chi connectivity index (χ0) is 25.6. The number of rotatable bonds is 6. The molecule has 0 radical (unpaired) electrons. The summed E-state index contributed by atoms with van der Waals surface area (Å²) in [6.07, 6.45) is 1.20. The fourth-order valence-corrected chi connectivity index (χ4v) is 6.53. The Balaban J connectivity index is 1.45. The first-order chi connectivity index (χ1) is 18.1. The van der Waals surface area contributed by atoms with Crippen LogP contribution in [-0.4, -0.2) is 41.9 Å². The lowest BCUT2D eigenvalue weighted by Gasteiger charge is -2.36. The molecule has 0 aliphatic carbocycles. The number of para-hydroxylation sites is 1. The molecule has 37 heavy (non-hydrogen) atoms. The van der Waals surface area contributed by atoms with Crippen molar-refractivity contribution in [1.29, 1.82) is 0 Å². The maximum absolute atomic E-state index is 14.1. The third-order valence-corrected chi connectivity index (χ3v) is 8.03. The summed E-state index contributed by atoms with van der Waals surface area (Å²) in [5.74, 6) is -1.93. The maximum Gasteiger partial charge on any atom is 0.327 e. The van der Waals surface area contributed by atoms with Crippen LogP contribution in [0.15, 0.2) is 84.9 Å². The largest absolute Gasteiger partial charge is 0.497 e. The van der Waals surface area contributed by atoms with Crippen LogP contribution < -0.4 is 9.64 Å². The Bertz CT molecular complexity index is 1340. The van der Waals surface area contributed by atoms with Crippen LogP contribution in [0.2, 0.25) is 0 Å². The number of imide groups is 1. The second kappa shape index (κ2) is 9.16. The molecule has 3 aromatic carbocycles. The second-order valence-electron chi connectivity index (χ2n) is 9.86. The van der Waals surface area contributed by atoms with Crippen LogP contribution in [-0.2, 0) is 25.7 Å². The Morgan fingerprint density at radius 1 is 0.946 bits per heavy atom. The molecule has 7 nitrogen and oxygen atoms in total. The van der Waals surface area contributed by atoms with E-state index in [2.05, 4.69) is 4.90 Å². The predicted molar refractivity (Wildman–Crippen MR) is 137 cm³/mol. The topological polar surface area (TPSA) is 76.1 Å². The van der Waals surface area contributed by atoms with Crippen LogP contribution in [0.3, 0.4) is 0 Å². The van der Waals surface area contributed by atoms with Crippen molar-refractivity contribution in [2.75, 3.05) is 18.6 Å². The highest BCUT2D eigenvalue weighted by Crippen LogP contribution is 2.60. The monoisotopic (exact) mass is 496 g/mol. The van der Waals surface area contributed by atoms with Gasteiger partial charge in [0.25, 0.3) is 0 Å². The maximum atomic E-state index is 14.1. The summed E-state index contributed by atoms with van der Waals surface area (Å²) in [5, 5.41) is 0. The van der Waals surface area contributed by atoms with E-state index in [0.29, 0.717) is 24.4 Å². The third-order valence-electron chi connectivity index (χ3n) is 8.03. The first-order valence-corrected chi connectivity index (χ1v) is 12.6. The minimum absolute atomic E-state index is 0.112. The highest BCUT2D eigenvalue weighted by Gasteiger charge is 2.73. The van der Waals surface area contributed by atoms with E-state index in [4.69, 9.17) is 9.47 Å². The molecule has 3 aromatic rings. The summed E-state index contributed by atoms with van der Waals surface area (Å²) in [5.41, 5.74) is 1.04. The van der Waals surface area contributed by atoms with Crippen molar-refractivity contribution >= 4 is 23.5 Å². The quantitative estimate of drug-likeness (QED) is 0.377. The molecule has 0 spiro atoms. The zero-order valence-corrected chi connectivity index (χ0v) is 20.6. The number of carbonyl (C=O) groups is 3. The molecular weight excluding hydrogens is 468 g/mol. The first kappa shape index (κ1) is 23.4. The molecule has 0 N–H and O–H groups in total. The predicted octanol–water partition coefficient (Wildman–Crippen LogP) is 4.13. The van der Waals surface area contributed by atoms with E-state index in [9.17, 15) is 14.4 Å². The van der Waals surface area contributed by atoms with Crippen molar-refractivity contribution in [2.24, 2.45) is 11.8 Å². The fourth-order valence-electron chi connectivity index (χ4n) is 6.53. The number of carbonyl (C=O) groups excluding carboxylic acids is 3. The number of hydrogen-bond donors (Lipinski definition) is 0. The van der Waals surface area contributed by atoms with Crippen LogP contribution in [0.1, 0.15) is 30.0 Å². The van der Waals surface area contributed by atoms with Crippen molar-refractivity contribution in [3.8, 4) is 5.75 Å². The highest BCUT2D eigenvalue weighted by atomic mass is 16.5. The van der Waals surface area contributed by atoms with E-state index in [-0.39, 0.29) is 18.4 Å². The van der Waals surface area contributed by atoms with E-state index < -0.39 is 29.4 Å². The van der Waals surface area contributed by atoms with E-state index >= 15 is 0 Å². The van der Waals surface area contributed by atoms with Gasteiger partial charge in [-0.15, -0.1) is 0 Å². The van der Waals surface area contributed by atoms with Gasteiger partial charge < -0.3 is 9.47 Å². The van der Waals surface area contributed by atoms with E-state index in [1.807, 2.05) is 60.7 Å². The van der Waals surface area contributed by atoms with Crippen LogP contribution in [0.5, 0.6) is 5.75 Å². The summed E-state index contributed by atoms with van der Waals surface area (Å²) in [6.45, 7) is 0.711. The van der Waals surface area contributed by atoms with E-state index in [0.717, 1.165) is 17.5 Å². The molecule has 7 heteroatoms. The third kappa shape index (κ3) is 3.56. The van der Waals surface area contributed by atoms with Gasteiger partial charge in [-0.25, -0.2) is 4.90 Å². The fraction of sp³-hybridized carbons (Fsp3) is 0.300. The normalized spacial score (nSPS) is 26.7. The molecular formula is C30H28N2O5. The smallest absolute Gasteiger partial charge is 0.327 e. The van der Waals surface area contributed by atoms with Gasteiger partial charge in [-0.2, -0.15) is 0 Å². The van der Waals surface area contributed by atoms with Gasteiger partial charge in [0.05, 0.1) is 24.6 Å². The van der Waals surface area contributed by atoms with Gasteiger partial charge in [-0.05, 0) is 54.8 Å². The number of fused-ring (bicyclic) bond motifs is 3. The number of methoxy groups -OCH3 is 1. The average molecular weight is 497 g/mol. The van der Waals surface area contributed by atoms with Crippen molar-refractivity contribution in [3.63, 3.8) is 0 Å². The highest BCUT2D eigenvalue weighted by molar-refractivity contribution is 6.24. The number of ether oxygens (including phenoxy) is 2. The van der Waals surface area contributed by atoms with E-state index in [1.54, 1.807) is 31.4 Å². The molecule has 3 saturated heterocycles. The minimum Gasteiger partial charge on any atom is -0.497 e. The van der Waals surface area contributed by atoms with Gasteiger partial charge in [-0.1, -0.05) is 60.7 Å². The summed E-state index contributed by atoms with van der Waals surface area (Å²) in [6, 6.07) is 25.6. The van der Waals surface area contributed by atoms with Crippen molar-refractivity contribution in [1.82, 2.24) is 4.90 Å². The molecule has 0 bridgehead atoms. The molecule has 0 unspecified atom stereocenters. The molecule has 188 valence electrons. The van der Waals surface area contributed by atoms with Gasteiger partial charge >= 0.3 is 5.97 Å². The molecule has 6 rings (SSSR count). The van der Waals surface area contributed by atoms with Crippen molar-refractivity contribution in [2.45, 2.75) is 31.0 Å². The summed E-state index contributed by atoms with van der Waals surface area (Å²) < 4.78 is 11.4. The summed E-state index contributed by atoms with van der Waals surface area (Å²) in [7, 11) is 1.60. The number of nitrogens with zero attached hydrogens (tertiary/aromatic N) is 2. The SMILES string of the molecule is COc1cccc([C@@H]2[C@@H]3C(=O)N(c4ccccc4)C(=O)[C@H]3[C@@]3(C(=O)OCc4ccccc4)CCCN23)c1. The molecule has 3 heterocycles. The molecule has 2 amide bonds. The molecule has 3 aliphatic rings. The summed E-state index contributed by atoms with van der Waals surface area (Å²) in [4.78, 5) is 45.4. The Hall–Kier alpha value is -3.97. The Morgan fingerprint density at radius 3 is 2.41 bits per heavy atom. The molecule has 0 aromatic heterocycles. The van der Waals surface area contributed by atoms with Gasteiger partial charge in [0, 0.05) is 6.04 Å². The number of esters is 1. The number of benzene rings is 3. The lowest BCUT2D eigenvalue weighted by atomic mass is 9.77. The number of anilines is 1. The molecule has 3 aliphatic heterocycles. The molecule has 0 saturated carbocycles. The Morgan fingerprint density at radius 2 is 1.68 bits per heavy atom. The first-order valence-electron chi connectivity index (χ1n) is 12.6. The average Bonchev–Trinajstić information content (AvgIpc) is 3.57. The van der Waals surface area contributed by atoms with Gasteiger partial charge in [-0.3, -0.25) is 19.3 Å². The Kier molecular flexibility index (Phi) is 5.80. The van der Waals surface area contributed by atoms with Gasteiger partial charge in [0.1, 0.15) is 17.9 Å².